The van der Waals surface area contributed by atoms with E-state index >= 15 is 0 Å². The normalized spacial score (nSPS) is 24.1. The molecule has 1 aliphatic heterocycles. The zero-order valence-electron chi connectivity index (χ0n) is 10.3. The van der Waals surface area contributed by atoms with Gasteiger partial charge >= 0.3 is 0 Å². The second-order valence-corrected chi connectivity index (χ2v) is 5.24. The van der Waals surface area contributed by atoms with Crippen LogP contribution in [0.4, 0.5) is 0 Å². The van der Waals surface area contributed by atoms with Crippen LogP contribution in [0.15, 0.2) is 30.6 Å². The molecule has 0 saturated heterocycles. The molecule has 1 amide bonds. The first kappa shape index (κ1) is 11.5. The topological polar surface area (TPSA) is 59.0 Å². The van der Waals surface area contributed by atoms with Crippen LogP contribution in [0.2, 0.25) is 0 Å². The van der Waals surface area contributed by atoms with Crippen molar-refractivity contribution in [1.82, 2.24) is 20.4 Å². The van der Waals surface area contributed by atoms with Crippen molar-refractivity contribution >= 4 is 5.91 Å². The number of nitrogens with one attached hydrogen (secondary N) is 2. The zero-order valence-corrected chi connectivity index (χ0v) is 10.3. The van der Waals surface area contributed by atoms with Crippen LogP contribution in [0.5, 0.6) is 0 Å². The molecule has 1 fully saturated rings. The molecule has 1 atom stereocenters. The van der Waals surface area contributed by atoms with E-state index < -0.39 is 0 Å². The van der Waals surface area contributed by atoms with Gasteiger partial charge in [0.1, 0.15) is 6.04 Å². The first-order valence-electron chi connectivity index (χ1n) is 6.43. The molecule has 2 aliphatic rings. The van der Waals surface area contributed by atoms with E-state index in [1.54, 1.807) is 6.20 Å². The van der Waals surface area contributed by atoms with E-state index in [2.05, 4.69) is 15.7 Å². The summed E-state index contributed by atoms with van der Waals surface area (Å²) < 4.78 is 1.95. The van der Waals surface area contributed by atoms with Crippen LogP contribution < -0.4 is 10.6 Å². The van der Waals surface area contributed by atoms with E-state index in [1.807, 2.05) is 29.1 Å². The first-order chi connectivity index (χ1) is 8.77. The highest BCUT2D eigenvalue weighted by molar-refractivity contribution is 5.84. The Bertz CT molecular complexity index is 448. The van der Waals surface area contributed by atoms with Gasteiger partial charge in [0.05, 0.1) is 0 Å². The van der Waals surface area contributed by atoms with Crippen LogP contribution in [0.25, 0.3) is 0 Å². The van der Waals surface area contributed by atoms with Gasteiger partial charge in [0.25, 0.3) is 0 Å². The summed E-state index contributed by atoms with van der Waals surface area (Å²) in [4.78, 5) is 11.9. The molecule has 0 aromatic carbocycles. The smallest absolute Gasteiger partial charge is 0.241 e. The summed E-state index contributed by atoms with van der Waals surface area (Å²) in [6.45, 7) is 2.43. The van der Waals surface area contributed by atoms with Gasteiger partial charge in [0.2, 0.25) is 5.91 Å². The Morgan fingerprint density at radius 2 is 2.44 bits per heavy atom. The summed E-state index contributed by atoms with van der Waals surface area (Å²) in [7, 11) is 0. The van der Waals surface area contributed by atoms with Crippen LogP contribution in [-0.4, -0.2) is 34.8 Å². The average molecular weight is 246 g/mol. The molecule has 5 heteroatoms. The molecule has 0 unspecified atom stereocenters. The maximum atomic E-state index is 11.9. The van der Waals surface area contributed by atoms with Crippen molar-refractivity contribution in [1.29, 1.82) is 0 Å². The summed E-state index contributed by atoms with van der Waals surface area (Å²) in [6.07, 6.45) is 10.0. The van der Waals surface area contributed by atoms with Crippen LogP contribution >= 0.6 is 0 Å². The fourth-order valence-electron chi connectivity index (χ4n) is 2.34. The summed E-state index contributed by atoms with van der Waals surface area (Å²) in [6, 6.07) is 1.78. The zero-order chi connectivity index (χ0) is 12.4. The van der Waals surface area contributed by atoms with E-state index in [4.69, 9.17) is 0 Å². The van der Waals surface area contributed by atoms with Crippen molar-refractivity contribution in [3.05, 3.63) is 30.6 Å². The molecule has 1 aromatic heterocycles. The molecule has 2 N–H and O–H groups in total. The minimum Gasteiger partial charge on any atom is -0.354 e. The summed E-state index contributed by atoms with van der Waals surface area (Å²) in [5.74, 6) is 0.0792. The second-order valence-electron chi connectivity index (χ2n) is 5.24. The second kappa shape index (κ2) is 4.57. The van der Waals surface area contributed by atoms with Gasteiger partial charge in [-0.15, -0.1) is 0 Å². The molecule has 5 nitrogen and oxygen atoms in total. The third-order valence-electron chi connectivity index (χ3n) is 3.72. The number of carbonyl (C=O) groups excluding carboxylic acids is 1. The Kier molecular flexibility index (Phi) is 2.91. The van der Waals surface area contributed by atoms with Crippen LogP contribution in [0, 0.1) is 5.41 Å². The Labute approximate surface area is 106 Å². The predicted octanol–water partition coefficient (Wildman–Crippen LogP) is 0.307. The van der Waals surface area contributed by atoms with E-state index in [9.17, 15) is 4.79 Å². The molecule has 3 rings (SSSR count). The Balaban J connectivity index is 1.50. The molecule has 1 saturated carbocycles. The van der Waals surface area contributed by atoms with Gasteiger partial charge in [0.15, 0.2) is 0 Å². The van der Waals surface area contributed by atoms with Gasteiger partial charge in [-0.1, -0.05) is 12.2 Å². The Morgan fingerprint density at radius 1 is 1.56 bits per heavy atom. The van der Waals surface area contributed by atoms with E-state index in [-0.39, 0.29) is 17.4 Å². The lowest BCUT2D eigenvalue weighted by atomic mass is 10.1. The van der Waals surface area contributed by atoms with E-state index in [0.717, 1.165) is 19.6 Å². The van der Waals surface area contributed by atoms with Crippen molar-refractivity contribution in [2.45, 2.75) is 25.4 Å². The van der Waals surface area contributed by atoms with Gasteiger partial charge in [-0.05, 0) is 18.9 Å². The summed E-state index contributed by atoms with van der Waals surface area (Å²) >= 11 is 0. The standard InChI is InChI=1S/C13H18N4O/c18-12(11-3-1-6-14-11)15-9-13(4-5-13)10-17-8-2-7-16-17/h1-3,7-8,11,14H,4-6,9-10H2,(H,15,18)/t11-/m1/s1. The van der Waals surface area contributed by atoms with Crippen molar-refractivity contribution in [3.8, 4) is 0 Å². The molecule has 18 heavy (non-hydrogen) atoms. The molecule has 0 bridgehead atoms. The maximum Gasteiger partial charge on any atom is 0.241 e. The minimum atomic E-state index is -0.148. The van der Waals surface area contributed by atoms with Crippen molar-refractivity contribution in [3.63, 3.8) is 0 Å². The fraction of sp³-hybridized carbons (Fsp3) is 0.538. The predicted molar refractivity (Wildman–Crippen MR) is 67.8 cm³/mol. The largest absolute Gasteiger partial charge is 0.354 e. The quantitative estimate of drug-likeness (QED) is 0.735. The lowest BCUT2D eigenvalue weighted by Crippen LogP contribution is -2.43. The van der Waals surface area contributed by atoms with Gasteiger partial charge in [-0.3, -0.25) is 14.8 Å². The summed E-state index contributed by atoms with van der Waals surface area (Å²) in [5.41, 5.74) is 0.226. The van der Waals surface area contributed by atoms with Crippen molar-refractivity contribution < 1.29 is 4.79 Å². The average Bonchev–Trinajstić information content (AvgIpc) is 2.84. The molecule has 96 valence electrons. The number of nitrogens with zero attached hydrogens (tertiary/aromatic N) is 2. The van der Waals surface area contributed by atoms with Crippen LogP contribution in [0.1, 0.15) is 12.8 Å². The highest BCUT2D eigenvalue weighted by Gasteiger charge is 2.43. The maximum absolute atomic E-state index is 11.9. The molecule has 0 spiro atoms. The van der Waals surface area contributed by atoms with Crippen LogP contribution in [-0.2, 0) is 11.3 Å². The number of carbonyl (C=O) groups is 1. The van der Waals surface area contributed by atoms with Gasteiger partial charge in [0, 0.05) is 37.4 Å². The molecular formula is C13H18N4O. The number of aromatic nitrogens is 2. The van der Waals surface area contributed by atoms with Crippen LogP contribution in [0.3, 0.4) is 0 Å². The Hall–Kier alpha value is -1.62. The van der Waals surface area contributed by atoms with Gasteiger partial charge in [-0.25, -0.2) is 0 Å². The van der Waals surface area contributed by atoms with Crippen molar-refractivity contribution in [2.75, 3.05) is 13.1 Å². The molecule has 0 radical (unpaired) electrons. The first-order valence-corrected chi connectivity index (χ1v) is 6.43. The third-order valence-corrected chi connectivity index (χ3v) is 3.72. The highest BCUT2D eigenvalue weighted by atomic mass is 16.2. The van der Waals surface area contributed by atoms with Crippen molar-refractivity contribution in [2.24, 2.45) is 5.41 Å². The SMILES string of the molecule is O=C(NCC1(Cn2cccn2)CC1)[C@H]1C=CCN1. The minimum absolute atomic E-state index is 0.0792. The van der Waals surface area contributed by atoms with Gasteiger partial charge in [-0.2, -0.15) is 5.10 Å². The highest BCUT2D eigenvalue weighted by Crippen LogP contribution is 2.46. The number of amides is 1. The summed E-state index contributed by atoms with van der Waals surface area (Å²) in [5, 5.41) is 10.4. The van der Waals surface area contributed by atoms with E-state index in [1.165, 1.54) is 12.8 Å². The molecule has 1 aliphatic carbocycles. The fourth-order valence-corrected chi connectivity index (χ4v) is 2.34. The number of rotatable bonds is 5. The lowest BCUT2D eigenvalue weighted by molar-refractivity contribution is -0.122. The molecule has 1 aromatic rings. The Morgan fingerprint density at radius 3 is 3.06 bits per heavy atom. The van der Waals surface area contributed by atoms with Gasteiger partial charge < -0.3 is 5.32 Å². The third kappa shape index (κ3) is 2.46. The molecular weight excluding hydrogens is 228 g/mol. The lowest BCUT2D eigenvalue weighted by Gasteiger charge is -2.17. The number of hydrogen-bond donors (Lipinski definition) is 2. The van der Waals surface area contributed by atoms with E-state index in [0.29, 0.717) is 0 Å². The number of hydrogen-bond acceptors (Lipinski definition) is 3. The monoisotopic (exact) mass is 246 g/mol. The molecule has 2 heterocycles.